The molecule has 0 aromatic carbocycles. The number of likely N-dealkylation sites (tertiary alicyclic amines) is 1. The number of hydrogen-bond donors (Lipinski definition) is 3. The van der Waals surface area contributed by atoms with E-state index >= 15 is 0 Å². The molecule has 2 saturated heterocycles. The summed E-state index contributed by atoms with van der Waals surface area (Å²) in [4.78, 5) is 38.3. The molecule has 9 nitrogen and oxygen atoms in total. The van der Waals surface area contributed by atoms with Crippen molar-refractivity contribution in [1.29, 1.82) is 0 Å². The number of carboxylic acid groups (broad SMARTS) is 1. The monoisotopic (exact) mass is 389 g/mol. The van der Waals surface area contributed by atoms with Crippen LogP contribution in [0.15, 0.2) is 12.4 Å². The van der Waals surface area contributed by atoms with Gasteiger partial charge in [0, 0.05) is 37.8 Å². The summed E-state index contributed by atoms with van der Waals surface area (Å²) >= 11 is 0. The van der Waals surface area contributed by atoms with Crippen LogP contribution in [0.4, 0.5) is 4.79 Å². The fourth-order valence-electron chi connectivity index (χ4n) is 5.03. The van der Waals surface area contributed by atoms with Crippen LogP contribution in [0.5, 0.6) is 0 Å². The molecule has 2 aliphatic heterocycles. The Hall–Kier alpha value is -2.58. The molecule has 3 N–H and O–H groups in total. The molecule has 0 radical (unpaired) electrons. The number of nitrogens with one attached hydrogen (secondary N) is 2. The minimum atomic E-state index is -0.792. The summed E-state index contributed by atoms with van der Waals surface area (Å²) in [7, 11) is 0. The van der Waals surface area contributed by atoms with Crippen molar-refractivity contribution in [3.8, 4) is 0 Å². The Morgan fingerprint density at radius 3 is 2.93 bits per heavy atom. The molecular weight excluding hydrogens is 362 g/mol. The molecule has 3 fully saturated rings. The zero-order valence-corrected chi connectivity index (χ0v) is 16.1. The molecule has 4 rings (SSSR count). The number of carbonyl (C=O) groups excluding carboxylic acids is 2. The Morgan fingerprint density at radius 1 is 1.43 bits per heavy atom. The van der Waals surface area contributed by atoms with E-state index in [1.165, 1.54) is 0 Å². The lowest BCUT2D eigenvalue weighted by Gasteiger charge is -2.33. The molecule has 1 aromatic heterocycles. The minimum absolute atomic E-state index is 0.0281. The van der Waals surface area contributed by atoms with Gasteiger partial charge in [0.25, 0.3) is 0 Å². The lowest BCUT2D eigenvalue weighted by atomic mass is 9.81. The summed E-state index contributed by atoms with van der Waals surface area (Å²) < 4.78 is 1.78. The maximum Gasteiger partial charge on any atom is 0.317 e. The topological polar surface area (TPSA) is 117 Å². The molecule has 0 spiro atoms. The van der Waals surface area contributed by atoms with Gasteiger partial charge in [-0.05, 0) is 32.1 Å². The third kappa shape index (κ3) is 3.12. The zero-order chi connectivity index (χ0) is 19.9. The van der Waals surface area contributed by atoms with Gasteiger partial charge in [0.05, 0.1) is 23.7 Å². The number of amides is 3. The van der Waals surface area contributed by atoms with Crippen molar-refractivity contribution in [1.82, 2.24) is 25.3 Å². The number of piperidine rings is 1. The van der Waals surface area contributed by atoms with Crippen LogP contribution in [0.25, 0.3) is 0 Å². The van der Waals surface area contributed by atoms with Gasteiger partial charge in [-0.15, -0.1) is 0 Å². The maximum atomic E-state index is 12.9. The van der Waals surface area contributed by atoms with Gasteiger partial charge in [0.15, 0.2) is 0 Å². The van der Waals surface area contributed by atoms with Crippen LogP contribution in [0.2, 0.25) is 0 Å². The van der Waals surface area contributed by atoms with Crippen LogP contribution < -0.4 is 10.6 Å². The van der Waals surface area contributed by atoms with Crippen LogP contribution in [0.1, 0.15) is 50.6 Å². The SMILES string of the molecule is CCn1cc([C@@H]2NC(=O)CC[C@H]2NC(=O)N2C[C@@H]3CCC[C@@]3(C(=O)O)C2)cn1. The highest BCUT2D eigenvalue weighted by molar-refractivity contribution is 5.81. The first kappa shape index (κ1) is 18.8. The Balaban J connectivity index is 1.47. The van der Waals surface area contributed by atoms with Gasteiger partial charge in [-0.25, -0.2) is 4.79 Å². The second kappa shape index (κ2) is 7.10. The summed E-state index contributed by atoms with van der Waals surface area (Å²) in [5.74, 6) is -0.805. The fourth-order valence-corrected chi connectivity index (χ4v) is 5.03. The van der Waals surface area contributed by atoms with E-state index in [2.05, 4.69) is 15.7 Å². The van der Waals surface area contributed by atoms with Gasteiger partial charge in [-0.2, -0.15) is 5.10 Å². The van der Waals surface area contributed by atoms with E-state index in [0.717, 1.165) is 24.9 Å². The highest BCUT2D eigenvalue weighted by Gasteiger charge is 2.56. The molecule has 0 unspecified atom stereocenters. The molecular formula is C19H27N5O4. The summed E-state index contributed by atoms with van der Waals surface area (Å²) in [5.41, 5.74) is 0.0697. The first-order chi connectivity index (χ1) is 13.4. The third-order valence-corrected chi connectivity index (χ3v) is 6.63. The van der Waals surface area contributed by atoms with E-state index in [-0.39, 0.29) is 36.5 Å². The zero-order valence-electron chi connectivity index (χ0n) is 16.1. The molecule has 9 heteroatoms. The van der Waals surface area contributed by atoms with Crippen molar-refractivity contribution in [3.05, 3.63) is 18.0 Å². The number of aryl methyl sites for hydroxylation is 1. The summed E-state index contributed by atoms with van der Waals surface area (Å²) in [6.07, 6.45) is 6.90. The lowest BCUT2D eigenvalue weighted by Crippen LogP contribution is -2.53. The van der Waals surface area contributed by atoms with E-state index in [4.69, 9.17) is 0 Å². The van der Waals surface area contributed by atoms with E-state index in [1.54, 1.807) is 15.8 Å². The van der Waals surface area contributed by atoms with E-state index in [9.17, 15) is 19.5 Å². The van der Waals surface area contributed by atoms with Crippen LogP contribution in [0.3, 0.4) is 0 Å². The third-order valence-electron chi connectivity index (χ3n) is 6.63. The lowest BCUT2D eigenvalue weighted by molar-refractivity contribution is -0.149. The van der Waals surface area contributed by atoms with Gasteiger partial charge in [-0.3, -0.25) is 14.3 Å². The van der Waals surface area contributed by atoms with Crippen molar-refractivity contribution in [2.45, 2.75) is 57.7 Å². The molecule has 28 heavy (non-hydrogen) atoms. The molecule has 1 aliphatic carbocycles. The minimum Gasteiger partial charge on any atom is -0.481 e. The highest BCUT2D eigenvalue weighted by atomic mass is 16.4. The largest absolute Gasteiger partial charge is 0.481 e. The number of hydrogen-bond acceptors (Lipinski definition) is 4. The Kier molecular flexibility index (Phi) is 4.76. The van der Waals surface area contributed by atoms with E-state index < -0.39 is 11.4 Å². The second-order valence-electron chi connectivity index (χ2n) is 8.20. The highest BCUT2D eigenvalue weighted by Crippen LogP contribution is 2.48. The van der Waals surface area contributed by atoms with Crippen LogP contribution >= 0.6 is 0 Å². The molecule has 3 heterocycles. The van der Waals surface area contributed by atoms with Crippen molar-refractivity contribution in [2.24, 2.45) is 11.3 Å². The summed E-state index contributed by atoms with van der Waals surface area (Å²) in [6, 6.07) is -0.828. The average molecular weight is 389 g/mol. The van der Waals surface area contributed by atoms with Crippen molar-refractivity contribution < 1.29 is 19.5 Å². The molecule has 1 saturated carbocycles. The van der Waals surface area contributed by atoms with Gasteiger partial charge in [-0.1, -0.05) is 6.42 Å². The Labute approximate surface area is 163 Å². The molecule has 0 bridgehead atoms. The van der Waals surface area contributed by atoms with E-state index in [1.807, 2.05) is 13.1 Å². The van der Waals surface area contributed by atoms with Crippen LogP contribution in [0, 0.1) is 11.3 Å². The number of carbonyl (C=O) groups is 3. The first-order valence-electron chi connectivity index (χ1n) is 10.0. The van der Waals surface area contributed by atoms with Crippen molar-refractivity contribution in [2.75, 3.05) is 13.1 Å². The van der Waals surface area contributed by atoms with Gasteiger partial charge < -0.3 is 20.6 Å². The summed E-state index contributed by atoms with van der Waals surface area (Å²) in [5, 5.41) is 20.0. The smallest absolute Gasteiger partial charge is 0.317 e. The predicted octanol–water partition coefficient (Wildman–Crippen LogP) is 1.12. The van der Waals surface area contributed by atoms with Crippen molar-refractivity contribution >= 4 is 17.9 Å². The Morgan fingerprint density at radius 2 is 2.25 bits per heavy atom. The predicted molar refractivity (Wildman–Crippen MR) is 99.3 cm³/mol. The standard InChI is InChI=1S/C19H27N5O4/c1-2-24-9-12(8-20-24)16-14(5-6-15(25)22-16)21-18(28)23-10-13-4-3-7-19(13,11-23)17(26)27/h8-9,13-14,16H,2-7,10-11H2,1H3,(H,21,28)(H,22,25)(H,26,27)/t13-,14+,16-,19+/m0/s1. The van der Waals surface area contributed by atoms with Crippen LogP contribution in [-0.4, -0.2) is 56.8 Å². The number of aliphatic carboxylic acids is 1. The maximum absolute atomic E-state index is 12.9. The van der Waals surface area contributed by atoms with Gasteiger partial charge >= 0.3 is 12.0 Å². The molecule has 1 aromatic rings. The molecule has 3 aliphatic rings. The van der Waals surface area contributed by atoms with Crippen molar-refractivity contribution in [3.63, 3.8) is 0 Å². The van der Waals surface area contributed by atoms with Gasteiger partial charge in [0.2, 0.25) is 5.91 Å². The number of nitrogens with zero attached hydrogens (tertiary/aromatic N) is 3. The Bertz CT molecular complexity index is 793. The molecule has 152 valence electrons. The first-order valence-corrected chi connectivity index (χ1v) is 10.0. The summed E-state index contributed by atoms with van der Waals surface area (Å²) in [6.45, 7) is 3.45. The van der Waals surface area contributed by atoms with Gasteiger partial charge in [0.1, 0.15) is 0 Å². The number of fused-ring (bicyclic) bond motifs is 1. The second-order valence-corrected chi connectivity index (χ2v) is 8.20. The molecule has 4 atom stereocenters. The van der Waals surface area contributed by atoms with Crippen LogP contribution in [-0.2, 0) is 16.1 Å². The van der Waals surface area contributed by atoms with E-state index in [0.29, 0.717) is 25.8 Å². The quantitative estimate of drug-likeness (QED) is 0.713. The average Bonchev–Trinajstić information content (AvgIpc) is 3.36. The number of aromatic nitrogens is 2. The number of urea groups is 1. The number of rotatable bonds is 4. The normalized spacial score (nSPS) is 32.1. The fraction of sp³-hybridized carbons (Fsp3) is 0.684. The molecule has 3 amide bonds. The number of carboxylic acids is 1.